The van der Waals surface area contributed by atoms with Crippen LogP contribution in [0.1, 0.15) is 33.3 Å². The van der Waals surface area contributed by atoms with Gasteiger partial charge in [0.25, 0.3) is 5.91 Å². The number of aryl methyl sites for hydroxylation is 1. The Balaban J connectivity index is 1.77. The van der Waals surface area contributed by atoms with Gasteiger partial charge in [0.05, 0.1) is 10.9 Å². The lowest BCUT2D eigenvalue weighted by molar-refractivity contribution is 0.0941. The van der Waals surface area contributed by atoms with Gasteiger partial charge >= 0.3 is 0 Å². The Morgan fingerprint density at radius 3 is 2.81 bits per heavy atom. The zero-order chi connectivity index (χ0) is 15.0. The fourth-order valence-corrected chi connectivity index (χ4v) is 4.15. The molecule has 2 aromatic rings. The van der Waals surface area contributed by atoms with Crippen LogP contribution in [-0.4, -0.2) is 14.3 Å². The third-order valence-corrected chi connectivity index (χ3v) is 5.84. The van der Waals surface area contributed by atoms with Crippen molar-refractivity contribution in [3.8, 4) is 0 Å². The maximum absolute atomic E-state index is 12.2. The zero-order valence-electron chi connectivity index (χ0n) is 10.8. The summed E-state index contributed by atoms with van der Waals surface area (Å²) in [6, 6.07) is 8.62. The second-order valence-electron chi connectivity index (χ2n) is 4.80. The highest BCUT2D eigenvalue weighted by atomic mass is 35.5. The van der Waals surface area contributed by atoms with Gasteiger partial charge in [-0.1, -0.05) is 17.7 Å². The molecule has 1 aromatic carbocycles. The lowest BCUT2D eigenvalue weighted by atomic mass is 10.1. The minimum Gasteiger partial charge on any atom is -0.345 e. The molecule has 7 heteroatoms. The summed E-state index contributed by atoms with van der Waals surface area (Å²) in [5.74, 6) is -0.240. The second-order valence-corrected chi connectivity index (χ2v) is 7.62. The molecule has 1 aliphatic carbocycles. The fourth-order valence-electron chi connectivity index (χ4n) is 2.51. The maximum Gasteiger partial charge on any atom is 0.261 e. The molecule has 1 heterocycles. The monoisotopic (exact) mass is 341 g/mol. The van der Waals surface area contributed by atoms with E-state index in [2.05, 4.69) is 5.32 Å². The molecule has 0 saturated heterocycles. The Bertz CT molecular complexity index is 774. The van der Waals surface area contributed by atoms with E-state index in [9.17, 15) is 13.2 Å². The highest BCUT2D eigenvalue weighted by Gasteiger charge is 2.25. The van der Waals surface area contributed by atoms with Gasteiger partial charge in [-0.15, -0.1) is 11.3 Å². The van der Waals surface area contributed by atoms with Crippen molar-refractivity contribution >= 4 is 39.5 Å². The number of carbonyl (C=O) groups excluding carboxylic acids is 1. The summed E-state index contributed by atoms with van der Waals surface area (Å²) >= 11 is 6.95. The molecule has 1 atom stereocenters. The van der Waals surface area contributed by atoms with Crippen LogP contribution in [0.15, 0.2) is 34.5 Å². The molecule has 0 radical (unpaired) electrons. The van der Waals surface area contributed by atoms with E-state index in [4.69, 9.17) is 11.6 Å². The Kier molecular flexibility index (Phi) is 4.01. The van der Waals surface area contributed by atoms with Gasteiger partial charge in [0.1, 0.15) is 4.21 Å². The quantitative estimate of drug-likeness (QED) is 0.844. The van der Waals surface area contributed by atoms with Crippen LogP contribution in [0.3, 0.4) is 0 Å². The summed E-state index contributed by atoms with van der Waals surface area (Å²) in [5, 5.41) is 3.65. The van der Waals surface area contributed by atoms with E-state index in [0.29, 0.717) is 9.90 Å². The van der Waals surface area contributed by atoms with Crippen LogP contribution >= 0.6 is 22.9 Å². The number of benzene rings is 1. The first-order valence-corrected chi connectivity index (χ1v) is 8.75. The molecule has 4 nitrogen and oxygen atoms in total. The number of fused-ring (bicyclic) bond motifs is 1. The van der Waals surface area contributed by atoms with E-state index in [1.165, 1.54) is 12.1 Å². The molecule has 0 aliphatic heterocycles. The van der Waals surface area contributed by atoms with E-state index in [1.54, 1.807) is 0 Å². The first kappa shape index (κ1) is 14.6. The smallest absolute Gasteiger partial charge is 0.261 e. The highest BCUT2D eigenvalue weighted by Crippen LogP contribution is 2.33. The van der Waals surface area contributed by atoms with Gasteiger partial charge in [-0.05, 0) is 48.2 Å². The van der Waals surface area contributed by atoms with Gasteiger partial charge in [-0.2, -0.15) is 0 Å². The number of carbonyl (C=O) groups is 1. The summed E-state index contributed by atoms with van der Waals surface area (Å²) in [6.45, 7) is 0. The molecular formula is C14H12ClNO3S2. The highest BCUT2D eigenvalue weighted by molar-refractivity contribution is 7.75. The van der Waals surface area contributed by atoms with Crippen LogP contribution in [0.4, 0.5) is 0 Å². The Morgan fingerprint density at radius 1 is 1.29 bits per heavy atom. The van der Waals surface area contributed by atoms with E-state index in [1.807, 2.05) is 18.2 Å². The largest absolute Gasteiger partial charge is 0.345 e. The number of amides is 1. The van der Waals surface area contributed by atoms with E-state index < -0.39 is 10.7 Å². The lowest BCUT2D eigenvalue weighted by Crippen LogP contribution is -2.26. The molecule has 1 N–H and O–H groups in total. The van der Waals surface area contributed by atoms with Crippen molar-refractivity contribution in [3.05, 3.63) is 51.4 Å². The minimum absolute atomic E-state index is 0.0451. The topological polar surface area (TPSA) is 63.2 Å². The molecule has 0 spiro atoms. The molecule has 0 fully saturated rings. The van der Waals surface area contributed by atoms with Gasteiger partial charge in [-0.3, -0.25) is 4.79 Å². The standard InChI is InChI=1S/C14H12ClNO3S2/c15-9-2-3-10-8(7-9)1-4-11(10)16-14(17)12-5-6-13(20-12)21(18)19/h2-3,5-7,11,21H,1,4H2,(H,16,17). The number of halogens is 1. The van der Waals surface area contributed by atoms with Gasteiger partial charge in [0.15, 0.2) is 10.7 Å². The van der Waals surface area contributed by atoms with Crippen LogP contribution in [-0.2, 0) is 17.1 Å². The number of rotatable bonds is 3. The van der Waals surface area contributed by atoms with Crippen molar-refractivity contribution in [3.63, 3.8) is 0 Å². The molecule has 1 unspecified atom stereocenters. The van der Waals surface area contributed by atoms with E-state index in [0.717, 1.165) is 35.3 Å². The van der Waals surface area contributed by atoms with E-state index >= 15 is 0 Å². The fraction of sp³-hybridized carbons (Fsp3) is 0.214. The molecule has 0 saturated carbocycles. The first-order chi connectivity index (χ1) is 10.0. The molecule has 1 aromatic heterocycles. The number of thiophene rings is 1. The Labute approximate surface area is 132 Å². The number of hydrogen-bond donors (Lipinski definition) is 2. The summed E-state index contributed by atoms with van der Waals surface area (Å²) in [4.78, 5) is 12.6. The van der Waals surface area contributed by atoms with Crippen LogP contribution in [0, 0.1) is 0 Å². The normalized spacial score (nSPS) is 17.0. The first-order valence-electron chi connectivity index (χ1n) is 6.38. The molecule has 3 rings (SSSR count). The Hall–Kier alpha value is -1.37. The molecular weight excluding hydrogens is 330 g/mol. The summed E-state index contributed by atoms with van der Waals surface area (Å²) < 4.78 is 22.0. The van der Waals surface area contributed by atoms with Gasteiger partial charge < -0.3 is 5.32 Å². The molecule has 110 valence electrons. The average Bonchev–Trinajstić information content (AvgIpc) is 3.06. The van der Waals surface area contributed by atoms with E-state index in [-0.39, 0.29) is 16.2 Å². The summed E-state index contributed by atoms with van der Waals surface area (Å²) in [5.41, 5.74) is 2.24. The number of hydrogen-bond acceptors (Lipinski definition) is 4. The van der Waals surface area contributed by atoms with Crippen LogP contribution in [0.25, 0.3) is 0 Å². The predicted molar refractivity (Wildman–Crippen MR) is 82.9 cm³/mol. The third kappa shape index (κ3) is 2.97. The van der Waals surface area contributed by atoms with Crippen LogP contribution in [0.5, 0.6) is 0 Å². The number of nitrogens with one attached hydrogen (secondary N) is 1. The molecule has 21 heavy (non-hydrogen) atoms. The van der Waals surface area contributed by atoms with Crippen LogP contribution in [0.2, 0.25) is 5.02 Å². The van der Waals surface area contributed by atoms with Crippen molar-refractivity contribution in [1.82, 2.24) is 5.32 Å². The van der Waals surface area contributed by atoms with Gasteiger partial charge in [0.2, 0.25) is 0 Å². The van der Waals surface area contributed by atoms with Gasteiger partial charge in [-0.25, -0.2) is 8.42 Å². The van der Waals surface area contributed by atoms with Gasteiger partial charge in [0, 0.05) is 5.02 Å². The molecule has 0 bridgehead atoms. The van der Waals surface area contributed by atoms with Crippen molar-refractivity contribution in [2.24, 2.45) is 0 Å². The minimum atomic E-state index is -2.64. The summed E-state index contributed by atoms with van der Waals surface area (Å²) in [6.07, 6.45) is 1.71. The van der Waals surface area contributed by atoms with Crippen molar-refractivity contribution < 1.29 is 13.2 Å². The van der Waals surface area contributed by atoms with Crippen molar-refractivity contribution in [2.75, 3.05) is 0 Å². The predicted octanol–water partition coefficient (Wildman–Crippen LogP) is 2.79. The lowest BCUT2D eigenvalue weighted by Gasteiger charge is -2.13. The van der Waals surface area contributed by atoms with Crippen molar-refractivity contribution in [2.45, 2.75) is 23.1 Å². The third-order valence-electron chi connectivity index (χ3n) is 3.48. The summed E-state index contributed by atoms with van der Waals surface area (Å²) in [7, 11) is -2.64. The van der Waals surface area contributed by atoms with Crippen molar-refractivity contribution in [1.29, 1.82) is 0 Å². The average molecular weight is 342 g/mol. The molecule has 1 amide bonds. The zero-order valence-corrected chi connectivity index (χ0v) is 13.3. The maximum atomic E-state index is 12.2. The SMILES string of the molecule is O=C(NC1CCc2cc(Cl)ccc21)c1ccc([SH](=O)=O)s1. The second kappa shape index (κ2) is 5.79. The number of thiol groups is 1. The Morgan fingerprint density at radius 2 is 2.10 bits per heavy atom. The molecule has 1 aliphatic rings. The van der Waals surface area contributed by atoms with Crippen LogP contribution < -0.4 is 5.32 Å².